The molecule has 0 amide bonds. The van der Waals surface area contributed by atoms with Crippen LogP contribution in [0.25, 0.3) is 0 Å². The Kier molecular flexibility index (Phi) is 4.94. The third-order valence-electron chi connectivity index (χ3n) is 3.25. The lowest BCUT2D eigenvalue weighted by Gasteiger charge is -2.09. The summed E-state index contributed by atoms with van der Waals surface area (Å²) in [6.45, 7) is 2.06. The molecule has 0 atom stereocenters. The molecule has 0 radical (unpaired) electrons. The van der Waals surface area contributed by atoms with Crippen molar-refractivity contribution in [2.24, 2.45) is 9.98 Å². The lowest BCUT2D eigenvalue weighted by atomic mass is 9.97. The number of aryl methyl sites for hydroxylation is 1. The van der Waals surface area contributed by atoms with Gasteiger partial charge in [-0.25, -0.2) is 9.59 Å². The van der Waals surface area contributed by atoms with E-state index in [9.17, 15) is 9.59 Å². The van der Waals surface area contributed by atoms with Crippen LogP contribution < -0.4 is 0 Å². The molecular weight excluding hydrogens is 264 g/mol. The van der Waals surface area contributed by atoms with Crippen molar-refractivity contribution in [3.8, 4) is 0 Å². The molecule has 2 aromatic carbocycles. The molecule has 0 heterocycles. The van der Waals surface area contributed by atoms with Gasteiger partial charge in [0.15, 0.2) is 0 Å². The van der Waals surface area contributed by atoms with Gasteiger partial charge in [0.2, 0.25) is 12.2 Å². The van der Waals surface area contributed by atoms with Crippen molar-refractivity contribution < 1.29 is 9.59 Å². The van der Waals surface area contributed by atoms with Crippen molar-refractivity contribution in [3.63, 3.8) is 0 Å². The number of hydrogen-bond donors (Lipinski definition) is 0. The molecule has 0 fully saturated rings. The van der Waals surface area contributed by atoms with E-state index in [2.05, 4.69) is 16.9 Å². The Balaban J connectivity index is 2.25. The maximum atomic E-state index is 10.3. The maximum absolute atomic E-state index is 10.3. The Bertz CT molecular complexity index is 723. The third kappa shape index (κ3) is 3.83. The van der Waals surface area contributed by atoms with E-state index in [1.807, 2.05) is 30.3 Å². The summed E-state index contributed by atoms with van der Waals surface area (Å²) < 4.78 is 0. The van der Waals surface area contributed by atoms with Crippen molar-refractivity contribution >= 4 is 23.5 Å². The lowest BCUT2D eigenvalue weighted by Crippen LogP contribution is -1.94. The predicted octanol–water partition coefficient (Wildman–Crippen LogP) is 3.77. The SMILES string of the molecule is CCc1cc(N=C=O)ccc1Cc1ccc(N=C=O)cc1. The molecule has 0 unspecified atom stereocenters. The minimum atomic E-state index is 0.597. The van der Waals surface area contributed by atoms with Crippen LogP contribution in [-0.4, -0.2) is 12.2 Å². The molecule has 0 aliphatic heterocycles. The molecule has 0 N–H and O–H groups in total. The predicted molar refractivity (Wildman–Crippen MR) is 80.6 cm³/mol. The molecule has 0 saturated heterocycles. The molecular formula is C17H14N2O2. The Labute approximate surface area is 122 Å². The first-order valence-electron chi connectivity index (χ1n) is 6.63. The molecule has 104 valence electrons. The van der Waals surface area contributed by atoms with Gasteiger partial charge in [-0.1, -0.05) is 25.1 Å². The second-order valence-corrected chi connectivity index (χ2v) is 4.56. The van der Waals surface area contributed by atoms with Crippen LogP contribution in [0.1, 0.15) is 23.6 Å². The normalized spacial score (nSPS) is 9.57. The first-order valence-corrected chi connectivity index (χ1v) is 6.63. The first kappa shape index (κ1) is 14.6. The summed E-state index contributed by atoms with van der Waals surface area (Å²) in [6, 6.07) is 13.1. The van der Waals surface area contributed by atoms with Crippen LogP contribution in [0.4, 0.5) is 11.4 Å². The highest BCUT2D eigenvalue weighted by molar-refractivity contribution is 5.53. The van der Waals surface area contributed by atoms with Crippen molar-refractivity contribution in [1.82, 2.24) is 0 Å². The average Bonchev–Trinajstić information content (AvgIpc) is 2.51. The molecule has 0 bridgehead atoms. The summed E-state index contributed by atoms with van der Waals surface area (Å²) >= 11 is 0. The second-order valence-electron chi connectivity index (χ2n) is 4.56. The average molecular weight is 278 g/mol. The van der Waals surface area contributed by atoms with Crippen molar-refractivity contribution in [1.29, 1.82) is 0 Å². The van der Waals surface area contributed by atoms with Gasteiger partial charge in [-0.05, 0) is 53.8 Å². The van der Waals surface area contributed by atoms with Crippen molar-refractivity contribution in [3.05, 3.63) is 59.2 Å². The van der Waals surface area contributed by atoms with Crippen LogP contribution in [0.15, 0.2) is 52.4 Å². The quantitative estimate of drug-likeness (QED) is 0.617. The van der Waals surface area contributed by atoms with E-state index < -0.39 is 0 Å². The van der Waals surface area contributed by atoms with Gasteiger partial charge in [-0.15, -0.1) is 0 Å². The van der Waals surface area contributed by atoms with Gasteiger partial charge in [0.25, 0.3) is 0 Å². The van der Waals surface area contributed by atoms with Gasteiger partial charge in [0, 0.05) is 0 Å². The number of carbonyl (C=O) groups excluding carboxylic acids is 2. The van der Waals surface area contributed by atoms with Gasteiger partial charge >= 0.3 is 0 Å². The summed E-state index contributed by atoms with van der Waals surface area (Å²) in [6.07, 6.45) is 4.72. The number of benzene rings is 2. The molecule has 4 nitrogen and oxygen atoms in total. The van der Waals surface area contributed by atoms with E-state index in [0.717, 1.165) is 24.0 Å². The molecule has 0 saturated carbocycles. The van der Waals surface area contributed by atoms with Gasteiger partial charge in [0.1, 0.15) is 0 Å². The number of nitrogens with zero attached hydrogens (tertiary/aromatic N) is 2. The minimum Gasteiger partial charge on any atom is -0.211 e. The number of isocyanates is 2. The van der Waals surface area contributed by atoms with E-state index >= 15 is 0 Å². The van der Waals surface area contributed by atoms with Crippen molar-refractivity contribution in [2.75, 3.05) is 0 Å². The van der Waals surface area contributed by atoms with E-state index in [4.69, 9.17) is 0 Å². The topological polar surface area (TPSA) is 58.9 Å². The van der Waals surface area contributed by atoms with Gasteiger partial charge in [0.05, 0.1) is 11.4 Å². The molecule has 0 spiro atoms. The molecule has 0 aliphatic rings. The number of aliphatic imine (C=N–C) groups is 2. The van der Waals surface area contributed by atoms with Gasteiger partial charge in [-0.3, -0.25) is 0 Å². The van der Waals surface area contributed by atoms with Crippen LogP contribution >= 0.6 is 0 Å². The number of hydrogen-bond acceptors (Lipinski definition) is 4. The zero-order chi connectivity index (χ0) is 15.1. The maximum Gasteiger partial charge on any atom is 0.240 e. The molecule has 0 aromatic heterocycles. The lowest BCUT2D eigenvalue weighted by molar-refractivity contribution is 0.564. The largest absolute Gasteiger partial charge is 0.240 e. The Morgan fingerprint density at radius 3 is 2.10 bits per heavy atom. The van der Waals surface area contributed by atoms with Crippen LogP contribution in [-0.2, 0) is 22.4 Å². The second kappa shape index (κ2) is 7.11. The van der Waals surface area contributed by atoms with Gasteiger partial charge in [-0.2, -0.15) is 9.98 Å². The fourth-order valence-corrected chi connectivity index (χ4v) is 2.20. The van der Waals surface area contributed by atoms with E-state index in [0.29, 0.717) is 11.4 Å². The fourth-order valence-electron chi connectivity index (χ4n) is 2.20. The summed E-state index contributed by atoms with van der Waals surface area (Å²) in [5.74, 6) is 0. The molecule has 21 heavy (non-hydrogen) atoms. The van der Waals surface area contributed by atoms with Crippen molar-refractivity contribution in [2.45, 2.75) is 19.8 Å². The monoisotopic (exact) mass is 278 g/mol. The van der Waals surface area contributed by atoms with Crippen LogP contribution in [0.2, 0.25) is 0 Å². The fraction of sp³-hybridized carbons (Fsp3) is 0.176. The molecule has 2 aromatic rings. The highest BCUT2D eigenvalue weighted by Crippen LogP contribution is 2.22. The van der Waals surface area contributed by atoms with Gasteiger partial charge < -0.3 is 0 Å². The summed E-state index contributed by atoms with van der Waals surface area (Å²) in [4.78, 5) is 27.7. The standard InChI is InChI=1S/C17H14N2O2/c1-2-14-10-17(19-12-21)8-5-15(14)9-13-3-6-16(7-4-13)18-11-20/h3-8,10H,2,9H2,1H3. The third-order valence-corrected chi connectivity index (χ3v) is 3.25. The Hall–Kier alpha value is -2.80. The highest BCUT2D eigenvalue weighted by atomic mass is 16.1. The van der Waals surface area contributed by atoms with Crippen LogP contribution in [0, 0.1) is 0 Å². The Morgan fingerprint density at radius 2 is 1.48 bits per heavy atom. The zero-order valence-electron chi connectivity index (χ0n) is 11.7. The first-order chi connectivity index (χ1) is 10.3. The van der Waals surface area contributed by atoms with Crippen LogP contribution in [0.3, 0.4) is 0 Å². The molecule has 4 heteroatoms. The summed E-state index contributed by atoms with van der Waals surface area (Å²) in [5, 5.41) is 0. The number of rotatable bonds is 5. The summed E-state index contributed by atoms with van der Waals surface area (Å²) in [5.41, 5.74) is 4.69. The Morgan fingerprint density at radius 1 is 0.857 bits per heavy atom. The highest BCUT2D eigenvalue weighted by Gasteiger charge is 2.04. The summed E-state index contributed by atoms with van der Waals surface area (Å²) in [7, 11) is 0. The van der Waals surface area contributed by atoms with E-state index in [1.54, 1.807) is 18.2 Å². The molecule has 0 aliphatic carbocycles. The zero-order valence-corrected chi connectivity index (χ0v) is 11.7. The van der Waals surface area contributed by atoms with E-state index in [1.165, 1.54) is 11.6 Å². The smallest absolute Gasteiger partial charge is 0.211 e. The van der Waals surface area contributed by atoms with E-state index in [-0.39, 0.29) is 0 Å². The van der Waals surface area contributed by atoms with Crippen LogP contribution in [0.5, 0.6) is 0 Å². The molecule has 2 rings (SSSR count). The minimum absolute atomic E-state index is 0.597.